The molecule has 0 aromatic heterocycles. The molecule has 2 aromatic rings. The number of hydrogen-bond acceptors (Lipinski definition) is 5. The van der Waals surface area contributed by atoms with Crippen LogP contribution in [0.5, 0.6) is 23.0 Å². The van der Waals surface area contributed by atoms with Gasteiger partial charge in [-0.3, -0.25) is 4.90 Å². The molecule has 0 aliphatic carbocycles. The van der Waals surface area contributed by atoms with Crippen LogP contribution in [0.1, 0.15) is 43.0 Å². The van der Waals surface area contributed by atoms with Crippen molar-refractivity contribution in [3.05, 3.63) is 47.0 Å². The highest BCUT2D eigenvalue weighted by Crippen LogP contribution is 2.43. The van der Waals surface area contributed by atoms with Gasteiger partial charge in [0.1, 0.15) is 0 Å². The third-order valence-corrected chi connectivity index (χ3v) is 5.99. The Kier molecular flexibility index (Phi) is 7.37. The number of rotatable bonds is 7. The maximum atomic E-state index is 5.72. The summed E-state index contributed by atoms with van der Waals surface area (Å²) in [7, 11) is 3.40. The van der Waals surface area contributed by atoms with Gasteiger partial charge in [0.2, 0.25) is 6.79 Å². The van der Waals surface area contributed by atoms with E-state index in [4.69, 9.17) is 18.9 Å². The van der Waals surface area contributed by atoms with E-state index in [1.807, 2.05) is 12.1 Å². The molecule has 1 atom stereocenters. The molecule has 0 saturated heterocycles. The van der Waals surface area contributed by atoms with Gasteiger partial charge < -0.3 is 18.9 Å². The van der Waals surface area contributed by atoms with Crippen LogP contribution in [0.15, 0.2) is 30.3 Å². The Morgan fingerprint density at radius 2 is 1.87 bits per heavy atom. The first-order valence-corrected chi connectivity index (χ1v) is 10.5. The lowest BCUT2D eigenvalue weighted by atomic mass is 9.87. The van der Waals surface area contributed by atoms with Gasteiger partial charge in [-0.25, -0.2) is 0 Å². The first-order valence-electron chi connectivity index (χ1n) is 10.5. The first kappa shape index (κ1) is 22.6. The van der Waals surface area contributed by atoms with E-state index in [1.54, 1.807) is 14.2 Å². The Balaban J connectivity index is 0.00000256. The summed E-state index contributed by atoms with van der Waals surface area (Å²) in [5, 5.41) is 0. The average Bonchev–Trinajstić information content (AvgIpc) is 3.18. The first-order chi connectivity index (χ1) is 14.1. The monoisotopic (exact) mass is 433 g/mol. The minimum Gasteiger partial charge on any atom is -0.493 e. The molecule has 30 heavy (non-hydrogen) atoms. The van der Waals surface area contributed by atoms with Crippen LogP contribution in [0.4, 0.5) is 0 Å². The summed E-state index contributed by atoms with van der Waals surface area (Å²) in [6.45, 7) is 7.02. The van der Waals surface area contributed by atoms with E-state index < -0.39 is 0 Å². The zero-order valence-corrected chi connectivity index (χ0v) is 19.1. The number of benzene rings is 2. The quantitative estimate of drug-likeness (QED) is 0.611. The van der Waals surface area contributed by atoms with E-state index in [0.29, 0.717) is 12.7 Å². The summed E-state index contributed by atoms with van der Waals surface area (Å²) in [4.78, 5) is 2.61. The van der Waals surface area contributed by atoms with Crippen LogP contribution in [0.2, 0.25) is 0 Å². The fraction of sp³-hybridized carbons (Fsp3) is 0.500. The highest BCUT2D eigenvalue weighted by Gasteiger charge is 2.31. The van der Waals surface area contributed by atoms with Crippen LogP contribution in [0.3, 0.4) is 0 Å². The summed E-state index contributed by atoms with van der Waals surface area (Å²) in [5.74, 6) is 4.02. The minimum absolute atomic E-state index is 0. The maximum absolute atomic E-state index is 5.72. The second kappa shape index (κ2) is 9.80. The smallest absolute Gasteiger partial charge is 0.231 e. The standard InChI is InChI=1S/C24H31NO4.ClH/c1-16(2)8-10-25-11-9-17-13-22-23(29-15-28-22)14-19(17)20(25)12-18-6-5-7-21(26-3)24(18)27-4;/h5-7,13-14,16,20H,8-12,15H2,1-4H3;1H. The van der Waals surface area contributed by atoms with Gasteiger partial charge in [-0.15, -0.1) is 12.4 Å². The highest BCUT2D eigenvalue weighted by atomic mass is 35.5. The molecule has 164 valence electrons. The predicted molar refractivity (Wildman–Crippen MR) is 121 cm³/mol. The molecule has 2 aliphatic rings. The van der Waals surface area contributed by atoms with Crippen LogP contribution < -0.4 is 18.9 Å². The summed E-state index contributed by atoms with van der Waals surface area (Å²) in [6, 6.07) is 10.8. The second-order valence-corrected chi connectivity index (χ2v) is 8.25. The lowest BCUT2D eigenvalue weighted by Crippen LogP contribution is -2.37. The molecular weight excluding hydrogens is 402 g/mol. The van der Waals surface area contributed by atoms with Crippen LogP contribution in [0.25, 0.3) is 0 Å². The van der Waals surface area contributed by atoms with Crippen LogP contribution in [-0.4, -0.2) is 39.0 Å². The molecule has 0 spiro atoms. The molecule has 2 aliphatic heterocycles. The van der Waals surface area contributed by atoms with Crippen molar-refractivity contribution in [1.29, 1.82) is 0 Å². The molecule has 0 N–H and O–H groups in total. The molecular formula is C24H32ClNO4. The minimum atomic E-state index is 0. The normalized spacial score (nSPS) is 17.4. The van der Waals surface area contributed by atoms with E-state index in [2.05, 4.69) is 36.9 Å². The molecule has 5 nitrogen and oxygen atoms in total. The predicted octanol–water partition coefficient (Wildman–Crippen LogP) is 5.04. The maximum Gasteiger partial charge on any atom is 0.231 e. The molecule has 0 fully saturated rings. The van der Waals surface area contributed by atoms with Gasteiger partial charge in [0.15, 0.2) is 23.0 Å². The highest BCUT2D eigenvalue weighted by molar-refractivity contribution is 5.85. The van der Waals surface area contributed by atoms with Gasteiger partial charge in [0, 0.05) is 12.6 Å². The molecule has 0 bridgehead atoms. The SMILES string of the molecule is COc1cccc(CC2c3cc4c(cc3CCN2CCC(C)C)OCO4)c1OC.Cl. The Labute approximate surface area is 185 Å². The Morgan fingerprint density at radius 3 is 2.57 bits per heavy atom. The van der Waals surface area contributed by atoms with Crippen molar-refractivity contribution in [1.82, 2.24) is 4.90 Å². The number of halogens is 1. The van der Waals surface area contributed by atoms with E-state index in [1.165, 1.54) is 17.5 Å². The van der Waals surface area contributed by atoms with Crippen molar-refractivity contribution in [3.63, 3.8) is 0 Å². The van der Waals surface area contributed by atoms with Gasteiger partial charge >= 0.3 is 0 Å². The molecule has 6 heteroatoms. The van der Waals surface area contributed by atoms with Crippen molar-refractivity contribution < 1.29 is 18.9 Å². The van der Waals surface area contributed by atoms with Crippen molar-refractivity contribution >= 4 is 12.4 Å². The Bertz CT molecular complexity index is 871. The number of fused-ring (bicyclic) bond motifs is 2. The van der Waals surface area contributed by atoms with E-state index in [0.717, 1.165) is 54.5 Å². The summed E-state index contributed by atoms with van der Waals surface area (Å²) in [5.41, 5.74) is 3.87. The van der Waals surface area contributed by atoms with Crippen LogP contribution in [0, 0.1) is 5.92 Å². The fourth-order valence-corrected chi connectivity index (χ4v) is 4.40. The van der Waals surface area contributed by atoms with Gasteiger partial charge in [-0.05, 0) is 66.6 Å². The number of para-hydroxylation sites is 1. The molecule has 0 radical (unpaired) electrons. The molecule has 2 aromatic carbocycles. The van der Waals surface area contributed by atoms with Crippen LogP contribution >= 0.6 is 12.4 Å². The lowest BCUT2D eigenvalue weighted by molar-refractivity contribution is 0.171. The van der Waals surface area contributed by atoms with Gasteiger partial charge in [0.05, 0.1) is 14.2 Å². The Morgan fingerprint density at radius 1 is 1.10 bits per heavy atom. The van der Waals surface area contributed by atoms with Gasteiger partial charge in [-0.2, -0.15) is 0 Å². The number of ether oxygens (including phenoxy) is 4. The van der Waals surface area contributed by atoms with E-state index in [-0.39, 0.29) is 18.4 Å². The van der Waals surface area contributed by atoms with Crippen molar-refractivity contribution in [2.24, 2.45) is 5.92 Å². The number of hydrogen-bond donors (Lipinski definition) is 0. The zero-order valence-electron chi connectivity index (χ0n) is 18.3. The third kappa shape index (κ3) is 4.47. The van der Waals surface area contributed by atoms with Crippen molar-refractivity contribution in [2.45, 2.75) is 39.2 Å². The van der Waals surface area contributed by atoms with E-state index >= 15 is 0 Å². The lowest BCUT2D eigenvalue weighted by Gasteiger charge is -2.38. The molecule has 4 rings (SSSR count). The van der Waals surface area contributed by atoms with Crippen molar-refractivity contribution in [3.8, 4) is 23.0 Å². The Hall–Kier alpha value is -2.11. The topological polar surface area (TPSA) is 40.2 Å². The fourth-order valence-electron chi connectivity index (χ4n) is 4.40. The largest absolute Gasteiger partial charge is 0.493 e. The summed E-state index contributed by atoms with van der Waals surface area (Å²) < 4.78 is 22.6. The number of methoxy groups -OCH3 is 2. The van der Waals surface area contributed by atoms with Gasteiger partial charge in [-0.1, -0.05) is 26.0 Å². The van der Waals surface area contributed by atoms with E-state index in [9.17, 15) is 0 Å². The summed E-state index contributed by atoms with van der Waals surface area (Å²) in [6.07, 6.45) is 3.09. The molecule has 1 unspecified atom stereocenters. The van der Waals surface area contributed by atoms with Crippen LogP contribution in [-0.2, 0) is 12.8 Å². The zero-order chi connectivity index (χ0) is 20.4. The third-order valence-electron chi connectivity index (χ3n) is 5.99. The van der Waals surface area contributed by atoms with Crippen molar-refractivity contribution in [2.75, 3.05) is 34.1 Å². The summed E-state index contributed by atoms with van der Waals surface area (Å²) >= 11 is 0. The number of nitrogens with zero attached hydrogens (tertiary/aromatic N) is 1. The molecule has 0 amide bonds. The van der Waals surface area contributed by atoms with Gasteiger partial charge in [0.25, 0.3) is 0 Å². The molecule has 2 heterocycles. The molecule has 0 saturated carbocycles. The average molecular weight is 434 g/mol. The second-order valence-electron chi connectivity index (χ2n) is 8.25.